The van der Waals surface area contributed by atoms with Crippen LogP contribution in [0.3, 0.4) is 0 Å². The van der Waals surface area contributed by atoms with Crippen LogP contribution in [0.4, 0.5) is 5.82 Å². The number of hydrogen-bond acceptors (Lipinski definition) is 4. The molecule has 1 aromatic heterocycles. The number of aromatic carboxylic acids is 1. The molecule has 1 aliphatic heterocycles. The Balaban J connectivity index is 2.29. The topological polar surface area (TPSA) is 53.4 Å². The lowest BCUT2D eigenvalue weighted by Gasteiger charge is -2.35. The molecule has 0 bridgehead atoms. The highest BCUT2D eigenvalue weighted by Crippen LogP contribution is 2.28. The van der Waals surface area contributed by atoms with Crippen LogP contribution in [-0.4, -0.2) is 39.6 Å². The molecule has 0 aliphatic carbocycles. The van der Waals surface area contributed by atoms with Gasteiger partial charge >= 0.3 is 5.97 Å². The minimum Gasteiger partial charge on any atom is -0.478 e. The molecule has 6 heteroatoms. The summed E-state index contributed by atoms with van der Waals surface area (Å²) in [4.78, 5) is 17.3. The van der Waals surface area contributed by atoms with Crippen LogP contribution in [0.15, 0.2) is 12.1 Å². The summed E-state index contributed by atoms with van der Waals surface area (Å²) < 4.78 is 0. The maximum Gasteiger partial charge on any atom is 0.335 e. The van der Waals surface area contributed by atoms with Crippen molar-refractivity contribution in [2.45, 2.75) is 24.3 Å². The first-order chi connectivity index (χ1) is 8.45. The zero-order valence-electron chi connectivity index (χ0n) is 10.3. The summed E-state index contributed by atoms with van der Waals surface area (Å²) >= 11 is 7.82. The van der Waals surface area contributed by atoms with Gasteiger partial charge in [-0.3, -0.25) is 0 Å². The lowest BCUT2D eigenvalue weighted by molar-refractivity contribution is 0.0697. The van der Waals surface area contributed by atoms with E-state index in [-0.39, 0.29) is 10.7 Å². The maximum atomic E-state index is 11.0. The molecule has 0 aromatic carbocycles. The van der Waals surface area contributed by atoms with Crippen molar-refractivity contribution >= 4 is 35.1 Å². The van der Waals surface area contributed by atoms with Gasteiger partial charge in [-0.2, -0.15) is 11.8 Å². The smallest absolute Gasteiger partial charge is 0.335 e. The molecule has 2 rings (SSSR count). The monoisotopic (exact) mass is 286 g/mol. The minimum atomic E-state index is -0.979. The molecule has 18 heavy (non-hydrogen) atoms. The predicted molar refractivity (Wildman–Crippen MR) is 74.9 cm³/mol. The normalized spacial score (nSPS) is 24.1. The molecular weight excluding hydrogens is 272 g/mol. The number of aromatic nitrogens is 1. The molecule has 1 aliphatic rings. The summed E-state index contributed by atoms with van der Waals surface area (Å²) in [6, 6.07) is 2.96. The predicted octanol–water partition coefficient (Wildman–Crippen LogP) is 2.76. The lowest BCUT2D eigenvalue weighted by atomic mass is 10.2. The molecule has 0 saturated carbocycles. The van der Waals surface area contributed by atoms with E-state index in [4.69, 9.17) is 16.7 Å². The van der Waals surface area contributed by atoms with Gasteiger partial charge in [0, 0.05) is 23.6 Å². The fourth-order valence-corrected chi connectivity index (χ4v) is 3.66. The average molecular weight is 287 g/mol. The van der Waals surface area contributed by atoms with E-state index in [1.54, 1.807) is 6.07 Å². The quantitative estimate of drug-likeness (QED) is 0.847. The number of carboxylic acids is 1. The second-order valence-electron chi connectivity index (χ2n) is 4.50. The van der Waals surface area contributed by atoms with E-state index < -0.39 is 5.97 Å². The zero-order valence-corrected chi connectivity index (χ0v) is 11.8. The Morgan fingerprint density at radius 1 is 1.44 bits per heavy atom. The van der Waals surface area contributed by atoms with Crippen molar-refractivity contribution in [2.75, 3.05) is 18.0 Å². The average Bonchev–Trinajstić information content (AvgIpc) is 2.26. The van der Waals surface area contributed by atoms with Crippen molar-refractivity contribution in [3.05, 3.63) is 22.8 Å². The van der Waals surface area contributed by atoms with E-state index >= 15 is 0 Å². The fraction of sp³-hybridized carbons (Fsp3) is 0.500. The molecule has 0 spiro atoms. The molecule has 4 nitrogen and oxygen atoms in total. The first-order valence-corrected chi connectivity index (χ1v) is 7.09. The van der Waals surface area contributed by atoms with Gasteiger partial charge in [-0.25, -0.2) is 9.78 Å². The van der Waals surface area contributed by atoms with Gasteiger partial charge in [0.05, 0.1) is 5.56 Å². The maximum absolute atomic E-state index is 11.0. The Hall–Kier alpha value is -0.940. The largest absolute Gasteiger partial charge is 0.478 e. The standard InChI is InChI=1S/C12H15ClN2O2S/c1-7-5-15(6-8(2)18-7)11-4-9(12(16)17)3-10(13)14-11/h3-4,7-8H,5-6H2,1-2H3,(H,16,17). The molecule has 98 valence electrons. The highest BCUT2D eigenvalue weighted by atomic mass is 35.5. The van der Waals surface area contributed by atoms with E-state index in [1.165, 1.54) is 6.07 Å². The Kier molecular flexibility index (Phi) is 4.02. The molecule has 0 radical (unpaired) electrons. The van der Waals surface area contributed by atoms with Crippen molar-refractivity contribution in [1.82, 2.24) is 4.98 Å². The summed E-state index contributed by atoms with van der Waals surface area (Å²) in [5.74, 6) is -0.327. The molecule has 1 N–H and O–H groups in total. The van der Waals surface area contributed by atoms with Crippen LogP contribution in [-0.2, 0) is 0 Å². The van der Waals surface area contributed by atoms with Crippen LogP contribution in [0.1, 0.15) is 24.2 Å². The lowest BCUT2D eigenvalue weighted by Crippen LogP contribution is -2.40. The third-order valence-corrected chi connectivity index (χ3v) is 4.19. The number of thioether (sulfide) groups is 1. The molecule has 1 saturated heterocycles. The Morgan fingerprint density at radius 3 is 2.61 bits per heavy atom. The molecule has 1 fully saturated rings. The summed E-state index contributed by atoms with van der Waals surface area (Å²) in [6.07, 6.45) is 0. The van der Waals surface area contributed by atoms with Crippen molar-refractivity contribution in [1.29, 1.82) is 0 Å². The summed E-state index contributed by atoms with van der Waals surface area (Å²) in [5, 5.41) is 10.3. The second kappa shape index (κ2) is 5.36. The first kappa shape index (κ1) is 13.5. The zero-order chi connectivity index (χ0) is 13.3. The van der Waals surface area contributed by atoms with Gasteiger partial charge in [-0.1, -0.05) is 25.4 Å². The van der Waals surface area contributed by atoms with Crippen LogP contribution in [0, 0.1) is 0 Å². The SMILES string of the molecule is CC1CN(c2cc(C(=O)O)cc(Cl)n2)CC(C)S1. The molecule has 2 atom stereocenters. The van der Waals surface area contributed by atoms with Crippen molar-refractivity contribution in [3.8, 4) is 0 Å². The molecule has 0 amide bonds. The molecular formula is C12H15ClN2O2S. The number of halogens is 1. The number of carbonyl (C=O) groups is 1. The van der Waals surface area contributed by atoms with Crippen molar-refractivity contribution in [2.24, 2.45) is 0 Å². The van der Waals surface area contributed by atoms with Gasteiger partial charge in [0.2, 0.25) is 0 Å². The van der Waals surface area contributed by atoms with E-state index in [2.05, 4.69) is 23.7 Å². The van der Waals surface area contributed by atoms with E-state index in [0.29, 0.717) is 16.3 Å². The van der Waals surface area contributed by atoms with Crippen LogP contribution in [0.5, 0.6) is 0 Å². The van der Waals surface area contributed by atoms with Crippen LogP contribution >= 0.6 is 23.4 Å². The highest BCUT2D eigenvalue weighted by molar-refractivity contribution is 8.00. The number of nitrogens with zero attached hydrogens (tertiary/aromatic N) is 2. The number of hydrogen-bond donors (Lipinski definition) is 1. The van der Waals surface area contributed by atoms with Crippen molar-refractivity contribution < 1.29 is 9.90 Å². The Bertz CT molecular complexity index is 459. The van der Waals surface area contributed by atoms with Gasteiger partial charge in [0.1, 0.15) is 11.0 Å². The van der Waals surface area contributed by atoms with Crippen LogP contribution in [0.2, 0.25) is 5.15 Å². The third-order valence-electron chi connectivity index (χ3n) is 2.77. The molecule has 2 unspecified atom stereocenters. The number of rotatable bonds is 2. The Morgan fingerprint density at radius 2 is 2.06 bits per heavy atom. The van der Waals surface area contributed by atoms with Crippen molar-refractivity contribution in [3.63, 3.8) is 0 Å². The van der Waals surface area contributed by atoms with Gasteiger partial charge in [-0.15, -0.1) is 0 Å². The first-order valence-electron chi connectivity index (χ1n) is 5.77. The number of pyridine rings is 1. The number of carboxylic acid groups (broad SMARTS) is 1. The third kappa shape index (κ3) is 3.09. The fourth-order valence-electron chi connectivity index (χ4n) is 2.13. The second-order valence-corrected chi connectivity index (χ2v) is 6.77. The van der Waals surface area contributed by atoms with Crippen LogP contribution in [0.25, 0.3) is 0 Å². The minimum absolute atomic E-state index is 0.184. The molecule has 2 heterocycles. The number of anilines is 1. The van der Waals surface area contributed by atoms with Gasteiger partial charge in [-0.05, 0) is 12.1 Å². The van der Waals surface area contributed by atoms with Gasteiger partial charge in [0.15, 0.2) is 0 Å². The Labute approximate surface area is 115 Å². The van der Waals surface area contributed by atoms with Crippen LogP contribution < -0.4 is 4.90 Å². The molecule has 1 aromatic rings. The van der Waals surface area contributed by atoms with Gasteiger partial charge in [0.25, 0.3) is 0 Å². The summed E-state index contributed by atoms with van der Waals surface area (Å²) in [6.45, 7) is 6.05. The van der Waals surface area contributed by atoms with E-state index in [1.807, 2.05) is 11.8 Å². The van der Waals surface area contributed by atoms with E-state index in [9.17, 15) is 4.79 Å². The highest BCUT2D eigenvalue weighted by Gasteiger charge is 2.24. The summed E-state index contributed by atoms with van der Waals surface area (Å²) in [7, 11) is 0. The summed E-state index contributed by atoms with van der Waals surface area (Å²) in [5.41, 5.74) is 0.184. The van der Waals surface area contributed by atoms with Gasteiger partial charge < -0.3 is 10.0 Å². The van der Waals surface area contributed by atoms with E-state index in [0.717, 1.165) is 13.1 Å².